The average molecular weight is 316 g/mol. The van der Waals surface area contributed by atoms with Crippen LogP contribution in [0.15, 0.2) is 18.3 Å². The van der Waals surface area contributed by atoms with Crippen LogP contribution in [0.2, 0.25) is 0 Å². The number of nitrogens with one attached hydrogen (secondary N) is 2. The number of carbonyl (C=O) groups is 1. The van der Waals surface area contributed by atoms with E-state index in [0.29, 0.717) is 11.9 Å². The molecule has 2 N–H and O–H groups in total. The van der Waals surface area contributed by atoms with Gasteiger partial charge >= 0.3 is 6.03 Å². The molecular weight excluding hydrogens is 288 g/mol. The number of aromatic nitrogens is 1. The second-order valence-electron chi connectivity index (χ2n) is 7.03. The van der Waals surface area contributed by atoms with Crippen molar-refractivity contribution in [2.45, 2.75) is 57.9 Å². The van der Waals surface area contributed by atoms with Gasteiger partial charge in [-0.05, 0) is 43.7 Å². The van der Waals surface area contributed by atoms with E-state index >= 15 is 0 Å². The Hall–Kier alpha value is -1.78. The third-order valence-corrected chi connectivity index (χ3v) is 4.95. The molecule has 1 saturated heterocycles. The predicted octanol–water partition coefficient (Wildman–Crippen LogP) is 3.77. The number of pyridine rings is 1. The van der Waals surface area contributed by atoms with Gasteiger partial charge in [0, 0.05) is 19.1 Å². The van der Waals surface area contributed by atoms with Crippen LogP contribution >= 0.6 is 0 Å². The number of piperidine rings is 1. The fourth-order valence-electron chi connectivity index (χ4n) is 3.66. The molecule has 126 valence electrons. The van der Waals surface area contributed by atoms with Crippen LogP contribution in [0.3, 0.4) is 0 Å². The topological polar surface area (TPSA) is 57.3 Å². The molecule has 2 amide bonds. The standard InChI is InChI=1S/C18H28N4O/c1-14-6-5-11-22(13-14)16-9-10-17(19-12-16)21-18(23)20-15-7-3-2-4-8-15/h9-10,12,14-15H,2-8,11,13H2,1H3,(H2,19,20,21,23). The van der Waals surface area contributed by atoms with Gasteiger partial charge in [-0.25, -0.2) is 9.78 Å². The van der Waals surface area contributed by atoms with Gasteiger partial charge in [-0.15, -0.1) is 0 Å². The van der Waals surface area contributed by atoms with Gasteiger partial charge in [-0.2, -0.15) is 0 Å². The highest BCUT2D eigenvalue weighted by Crippen LogP contribution is 2.23. The van der Waals surface area contributed by atoms with Crippen molar-refractivity contribution in [2.24, 2.45) is 5.92 Å². The zero-order valence-corrected chi connectivity index (χ0v) is 14.1. The Morgan fingerprint density at radius 2 is 2.00 bits per heavy atom. The van der Waals surface area contributed by atoms with Crippen molar-refractivity contribution in [3.8, 4) is 0 Å². The Balaban J connectivity index is 1.51. The van der Waals surface area contributed by atoms with E-state index in [2.05, 4.69) is 33.5 Å². The van der Waals surface area contributed by atoms with Crippen LogP contribution in [0.25, 0.3) is 0 Å². The largest absolute Gasteiger partial charge is 0.370 e. The fraction of sp³-hybridized carbons (Fsp3) is 0.667. The SMILES string of the molecule is CC1CCCN(c2ccc(NC(=O)NC3CCCCC3)nc2)C1. The first-order valence-electron chi connectivity index (χ1n) is 8.99. The Bertz CT molecular complexity index is 510. The van der Waals surface area contributed by atoms with E-state index in [1.54, 1.807) is 0 Å². The summed E-state index contributed by atoms with van der Waals surface area (Å²) in [6.07, 6.45) is 10.3. The number of amides is 2. The second-order valence-corrected chi connectivity index (χ2v) is 7.03. The van der Waals surface area contributed by atoms with Crippen molar-refractivity contribution in [1.29, 1.82) is 0 Å². The number of hydrogen-bond acceptors (Lipinski definition) is 3. The second kappa shape index (κ2) is 7.66. The summed E-state index contributed by atoms with van der Waals surface area (Å²) in [5, 5.41) is 5.90. The minimum Gasteiger partial charge on any atom is -0.370 e. The maximum absolute atomic E-state index is 12.0. The summed E-state index contributed by atoms with van der Waals surface area (Å²) in [5.74, 6) is 1.36. The van der Waals surface area contributed by atoms with Crippen LogP contribution in [-0.2, 0) is 0 Å². The lowest BCUT2D eigenvalue weighted by molar-refractivity contribution is 0.244. The molecule has 1 saturated carbocycles. The highest BCUT2D eigenvalue weighted by Gasteiger charge is 2.18. The maximum atomic E-state index is 12.0. The third-order valence-electron chi connectivity index (χ3n) is 4.95. The van der Waals surface area contributed by atoms with Crippen LogP contribution in [0, 0.1) is 5.92 Å². The highest BCUT2D eigenvalue weighted by molar-refractivity contribution is 5.88. The maximum Gasteiger partial charge on any atom is 0.320 e. The zero-order valence-electron chi connectivity index (χ0n) is 14.1. The molecule has 5 nitrogen and oxygen atoms in total. The third kappa shape index (κ3) is 4.60. The molecule has 1 aromatic heterocycles. The van der Waals surface area contributed by atoms with E-state index in [9.17, 15) is 4.79 Å². The molecule has 1 aromatic rings. The Labute approximate surface area is 138 Å². The van der Waals surface area contributed by atoms with E-state index in [-0.39, 0.29) is 6.03 Å². The first-order valence-corrected chi connectivity index (χ1v) is 8.99. The number of anilines is 2. The van der Waals surface area contributed by atoms with Crippen molar-refractivity contribution in [1.82, 2.24) is 10.3 Å². The summed E-state index contributed by atoms with van der Waals surface area (Å²) in [5.41, 5.74) is 1.15. The van der Waals surface area contributed by atoms with Gasteiger partial charge < -0.3 is 10.2 Å². The van der Waals surface area contributed by atoms with E-state index in [4.69, 9.17) is 0 Å². The molecule has 3 rings (SSSR count). The van der Waals surface area contributed by atoms with Gasteiger partial charge in [0.25, 0.3) is 0 Å². The van der Waals surface area contributed by atoms with Crippen LogP contribution < -0.4 is 15.5 Å². The van der Waals surface area contributed by atoms with Crippen LogP contribution in [0.5, 0.6) is 0 Å². The molecule has 1 atom stereocenters. The van der Waals surface area contributed by atoms with E-state index in [1.807, 2.05) is 12.3 Å². The molecule has 1 aliphatic heterocycles. The number of rotatable bonds is 3. The Morgan fingerprint density at radius 1 is 1.17 bits per heavy atom. The summed E-state index contributed by atoms with van der Waals surface area (Å²) in [6, 6.07) is 4.14. The van der Waals surface area contributed by atoms with Crippen LogP contribution in [0.4, 0.5) is 16.3 Å². The van der Waals surface area contributed by atoms with Gasteiger partial charge in [0.2, 0.25) is 0 Å². The summed E-state index contributed by atoms with van der Waals surface area (Å²) in [6.45, 7) is 4.49. The fourth-order valence-corrected chi connectivity index (χ4v) is 3.66. The van der Waals surface area contributed by atoms with Gasteiger partial charge in [0.15, 0.2) is 0 Å². The van der Waals surface area contributed by atoms with E-state index in [1.165, 1.54) is 32.1 Å². The smallest absolute Gasteiger partial charge is 0.320 e. The lowest BCUT2D eigenvalue weighted by Gasteiger charge is -2.32. The van der Waals surface area contributed by atoms with Crippen LogP contribution in [0.1, 0.15) is 51.9 Å². The van der Waals surface area contributed by atoms with E-state index < -0.39 is 0 Å². The van der Waals surface area contributed by atoms with Crippen molar-refractivity contribution in [3.05, 3.63) is 18.3 Å². The first kappa shape index (κ1) is 16.1. The van der Waals surface area contributed by atoms with Gasteiger partial charge in [0.05, 0.1) is 11.9 Å². The van der Waals surface area contributed by atoms with Crippen molar-refractivity contribution in [2.75, 3.05) is 23.3 Å². The number of hydrogen-bond donors (Lipinski definition) is 2. The molecule has 0 spiro atoms. The monoisotopic (exact) mass is 316 g/mol. The molecule has 0 bridgehead atoms. The van der Waals surface area contributed by atoms with Gasteiger partial charge in [0.1, 0.15) is 5.82 Å². The molecule has 2 heterocycles. The summed E-state index contributed by atoms with van der Waals surface area (Å²) >= 11 is 0. The molecule has 1 aliphatic carbocycles. The molecular formula is C18H28N4O. The van der Waals surface area contributed by atoms with Gasteiger partial charge in [-0.3, -0.25) is 5.32 Å². The quantitative estimate of drug-likeness (QED) is 0.892. The van der Waals surface area contributed by atoms with Gasteiger partial charge in [-0.1, -0.05) is 26.2 Å². The minimum absolute atomic E-state index is 0.135. The predicted molar refractivity (Wildman–Crippen MR) is 93.9 cm³/mol. The molecule has 2 fully saturated rings. The number of nitrogens with zero attached hydrogens (tertiary/aromatic N) is 2. The van der Waals surface area contributed by atoms with Crippen molar-refractivity contribution < 1.29 is 4.79 Å². The number of carbonyl (C=O) groups excluding carboxylic acids is 1. The summed E-state index contributed by atoms with van der Waals surface area (Å²) in [7, 11) is 0. The van der Waals surface area contributed by atoms with Crippen LogP contribution in [-0.4, -0.2) is 30.1 Å². The molecule has 5 heteroatoms. The molecule has 1 unspecified atom stereocenters. The molecule has 23 heavy (non-hydrogen) atoms. The zero-order chi connectivity index (χ0) is 16.1. The lowest BCUT2D eigenvalue weighted by atomic mass is 9.96. The summed E-state index contributed by atoms with van der Waals surface area (Å²) < 4.78 is 0. The first-order chi connectivity index (χ1) is 11.2. The lowest BCUT2D eigenvalue weighted by Crippen LogP contribution is -2.39. The Morgan fingerprint density at radius 3 is 2.70 bits per heavy atom. The molecule has 0 radical (unpaired) electrons. The highest BCUT2D eigenvalue weighted by atomic mass is 16.2. The normalized spacial score (nSPS) is 22.7. The number of urea groups is 1. The Kier molecular flexibility index (Phi) is 5.36. The van der Waals surface area contributed by atoms with E-state index in [0.717, 1.165) is 37.5 Å². The average Bonchev–Trinajstić information content (AvgIpc) is 2.56. The molecule has 0 aromatic carbocycles. The minimum atomic E-state index is -0.135. The van der Waals surface area contributed by atoms with Crippen molar-refractivity contribution >= 4 is 17.5 Å². The van der Waals surface area contributed by atoms with Crippen molar-refractivity contribution in [3.63, 3.8) is 0 Å². The summed E-state index contributed by atoms with van der Waals surface area (Å²) in [4.78, 5) is 18.8. The molecule has 2 aliphatic rings.